The molecule has 1 radical (unpaired) electrons. The predicted molar refractivity (Wildman–Crippen MR) is 198 cm³/mol. The molecule has 0 aliphatic rings. The van der Waals surface area contributed by atoms with Crippen LogP contribution in [0, 0.1) is 16.9 Å². The summed E-state index contributed by atoms with van der Waals surface area (Å²) in [6, 6.07) is 22.5. The molecule has 0 fully saturated rings. The fraction of sp³-hybridized carbons (Fsp3) is 0.350. The molecular formula is C40H46GeIrN3O3-. The average Bonchev–Trinajstić information content (AvgIpc) is 3.38. The van der Waals surface area contributed by atoms with Crippen LogP contribution in [-0.4, -0.2) is 39.1 Å². The van der Waals surface area contributed by atoms with Gasteiger partial charge in [-0.15, -0.1) is 0 Å². The topological polar surface area (TPSA) is 89.1 Å². The standard InChI is InChI=1S/C29H26GeN3O.C11H20O2.Ir/c1-17(2)28-32-25(22-11-7-10-19-20-12-8-16-31-29(20)34-27(19)22)21-15-14-18-9-6-13-23(30(3,4)5)24(18)26(21)33-28;1-10(2,3)8(12)7-9(13)11(4,5)6;/h6-10,12-17H,1-5H3;7,12H,1-6H3;/q-1;;/b;8-7-;. The van der Waals surface area contributed by atoms with Crippen LogP contribution in [0.3, 0.4) is 0 Å². The number of nitrogens with zero attached hydrogens (tertiary/aromatic N) is 3. The van der Waals surface area contributed by atoms with E-state index in [1.165, 1.54) is 21.2 Å². The van der Waals surface area contributed by atoms with Gasteiger partial charge in [0.25, 0.3) is 0 Å². The normalized spacial score (nSPS) is 12.8. The van der Waals surface area contributed by atoms with Crippen LogP contribution in [-0.2, 0) is 24.9 Å². The van der Waals surface area contributed by atoms with Crippen molar-refractivity contribution in [3.63, 3.8) is 0 Å². The summed E-state index contributed by atoms with van der Waals surface area (Å²) >= 11 is -2.18. The molecule has 0 saturated carbocycles. The third-order valence-corrected chi connectivity index (χ3v) is 12.5. The summed E-state index contributed by atoms with van der Waals surface area (Å²) in [6.07, 6.45) is 3.09. The van der Waals surface area contributed by atoms with E-state index in [0.717, 1.165) is 44.3 Å². The third kappa shape index (κ3) is 7.59. The van der Waals surface area contributed by atoms with Crippen molar-refractivity contribution in [2.24, 2.45) is 10.8 Å². The first-order valence-corrected chi connectivity index (χ1v) is 23.6. The van der Waals surface area contributed by atoms with Gasteiger partial charge >= 0.3 is 202 Å². The van der Waals surface area contributed by atoms with Gasteiger partial charge in [0, 0.05) is 37.0 Å². The summed E-state index contributed by atoms with van der Waals surface area (Å²) in [5.74, 6) is 8.45. The van der Waals surface area contributed by atoms with Crippen molar-refractivity contribution in [3.8, 4) is 11.3 Å². The molecule has 6 aromatic rings. The van der Waals surface area contributed by atoms with Crippen molar-refractivity contribution in [2.45, 2.75) is 78.6 Å². The maximum absolute atomic E-state index is 11.5. The number of hydrogen-bond acceptors (Lipinski definition) is 6. The Morgan fingerprint density at radius 2 is 1.60 bits per heavy atom. The Labute approximate surface area is 300 Å². The zero-order valence-electron chi connectivity index (χ0n) is 29.9. The van der Waals surface area contributed by atoms with Crippen LogP contribution in [0.2, 0.25) is 17.3 Å². The van der Waals surface area contributed by atoms with Gasteiger partial charge in [-0.05, 0) is 0 Å². The van der Waals surface area contributed by atoms with E-state index in [2.05, 4.69) is 72.5 Å². The van der Waals surface area contributed by atoms with Crippen molar-refractivity contribution < 1.29 is 34.4 Å². The fourth-order valence-corrected chi connectivity index (χ4v) is 8.74. The quantitative estimate of drug-likeness (QED) is 0.0624. The number of hydrogen-bond donors (Lipinski definition) is 1. The Morgan fingerprint density at radius 1 is 0.896 bits per heavy atom. The molecule has 3 aromatic carbocycles. The van der Waals surface area contributed by atoms with E-state index in [1.54, 1.807) is 6.20 Å². The van der Waals surface area contributed by atoms with Crippen LogP contribution in [0.1, 0.15) is 67.1 Å². The summed E-state index contributed by atoms with van der Waals surface area (Å²) in [7, 11) is 0. The molecule has 253 valence electrons. The molecule has 0 aliphatic carbocycles. The minimum Gasteiger partial charge on any atom is 0 e. The van der Waals surface area contributed by atoms with Gasteiger partial charge in [-0.2, -0.15) is 0 Å². The van der Waals surface area contributed by atoms with Crippen LogP contribution < -0.4 is 4.40 Å². The first-order chi connectivity index (χ1) is 21.9. The average molecular weight is 882 g/mol. The molecule has 8 heteroatoms. The van der Waals surface area contributed by atoms with Gasteiger partial charge in [-0.3, -0.25) is 4.79 Å². The smallest absolute Gasteiger partial charge is 0 e. The van der Waals surface area contributed by atoms with Crippen LogP contribution in [0.5, 0.6) is 0 Å². The molecule has 0 amide bonds. The minimum absolute atomic E-state index is 0. The van der Waals surface area contributed by atoms with Gasteiger partial charge in [-0.1, -0.05) is 41.5 Å². The number of aliphatic hydroxyl groups excluding tert-OH is 1. The van der Waals surface area contributed by atoms with Crippen LogP contribution in [0.4, 0.5) is 0 Å². The first kappa shape index (κ1) is 37.4. The van der Waals surface area contributed by atoms with E-state index in [-0.39, 0.29) is 43.0 Å². The van der Waals surface area contributed by atoms with Gasteiger partial charge in [-0.25, -0.2) is 0 Å². The van der Waals surface area contributed by atoms with E-state index >= 15 is 0 Å². The van der Waals surface area contributed by atoms with Crippen LogP contribution in [0.15, 0.2) is 77.0 Å². The second kappa shape index (κ2) is 13.9. The van der Waals surface area contributed by atoms with Gasteiger partial charge in [0.15, 0.2) is 5.78 Å². The SMILES string of the molecule is CC(C)(C)C(=O)/C=C(\O)C(C)(C)C.CC(C)c1nc(-c2[c-]ccc3c2oc2ncccc23)c2ccc3ccc[c]([Ge]([CH3])([CH3])[CH3])c3c2n1.[Ir]. The number of aliphatic hydroxyl groups is 1. The van der Waals surface area contributed by atoms with Crippen molar-refractivity contribution in [3.05, 3.63) is 84.5 Å². The molecule has 6 rings (SSSR count). The zero-order chi connectivity index (χ0) is 34.5. The number of fused-ring (bicyclic) bond motifs is 6. The number of pyridine rings is 1. The summed E-state index contributed by atoms with van der Waals surface area (Å²) < 4.78 is 7.73. The number of ketones is 1. The largest absolute Gasteiger partial charge is 0 e. The van der Waals surface area contributed by atoms with Gasteiger partial charge in [0.1, 0.15) is 5.76 Å². The van der Waals surface area contributed by atoms with Crippen molar-refractivity contribution in [1.29, 1.82) is 0 Å². The number of carbonyl (C=O) groups is 1. The molecule has 0 aliphatic heterocycles. The second-order valence-corrected chi connectivity index (χ2v) is 26.2. The monoisotopic (exact) mass is 883 g/mol. The number of aromatic nitrogens is 3. The molecule has 1 N–H and O–H groups in total. The van der Waals surface area contributed by atoms with Crippen molar-refractivity contribution in [2.75, 3.05) is 0 Å². The summed E-state index contributed by atoms with van der Waals surface area (Å²) in [5, 5.41) is 15.1. The van der Waals surface area contributed by atoms with Gasteiger partial charge in [0.05, 0.1) is 0 Å². The molecule has 48 heavy (non-hydrogen) atoms. The molecular weight excluding hydrogens is 835 g/mol. The summed E-state index contributed by atoms with van der Waals surface area (Å²) in [5.41, 5.74) is 3.40. The van der Waals surface area contributed by atoms with Gasteiger partial charge < -0.3 is 5.11 Å². The Kier molecular flexibility index (Phi) is 10.8. The number of furan rings is 1. The summed E-state index contributed by atoms with van der Waals surface area (Å²) in [4.78, 5) is 26.1. The number of carbonyl (C=O) groups excluding carboxylic acids is 1. The van der Waals surface area contributed by atoms with Crippen molar-refractivity contribution in [1.82, 2.24) is 15.0 Å². The molecule has 6 nitrogen and oxygen atoms in total. The van der Waals surface area contributed by atoms with Crippen LogP contribution in [0.25, 0.3) is 55.0 Å². The van der Waals surface area contributed by atoms with E-state index < -0.39 is 18.7 Å². The number of allylic oxidation sites excluding steroid dienone is 2. The van der Waals surface area contributed by atoms with Crippen LogP contribution >= 0.6 is 0 Å². The fourth-order valence-electron chi connectivity index (χ4n) is 5.36. The number of benzene rings is 3. The number of rotatable bonds is 4. The van der Waals surface area contributed by atoms with E-state index in [0.29, 0.717) is 5.71 Å². The molecule has 3 heterocycles. The van der Waals surface area contributed by atoms with E-state index in [4.69, 9.17) is 14.4 Å². The molecule has 3 aromatic heterocycles. The maximum atomic E-state index is 11.5. The maximum Gasteiger partial charge on any atom is 0 e. The van der Waals surface area contributed by atoms with E-state index in [1.807, 2.05) is 65.8 Å². The Balaban J connectivity index is 0.000000319. The Bertz CT molecular complexity index is 2160. The zero-order valence-corrected chi connectivity index (χ0v) is 34.4. The molecule has 0 saturated heterocycles. The molecule has 0 atom stereocenters. The minimum atomic E-state index is -2.18. The first-order valence-electron chi connectivity index (χ1n) is 16.3. The Morgan fingerprint density at radius 3 is 2.23 bits per heavy atom. The van der Waals surface area contributed by atoms with Crippen molar-refractivity contribution >= 4 is 67.2 Å². The molecule has 0 spiro atoms. The molecule has 0 unspecified atom stereocenters. The molecule has 0 bridgehead atoms. The Hall–Kier alpha value is -3.39. The van der Waals surface area contributed by atoms with Gasteiger partial charge in [0.2, 0.25) is 0 Å². The van der Waals surface area contributed by atoms with E-state index in [9.17, 15) is 9.90 Å². The predicted octanol–water partition coefficient (Wildman–Crippen LogP) is 10.3. The third-order valence-electron chi connectivity index (χ3n) is 8.27. The summed E-state index contributed by atoms with van der Waals surface area (Å²) in [6.45, 7) is 15.4. The second-order valence-electron chi connectivity index (χ2n) is 15.6.